The molecule has 0 saturated carbocycles. The minimum absolute atomic E-state index is 0.00432. The first-order chi connectivity index (χ1) is 16.2. The number of rotatable bonds is 6. The van der Waals surface area contributed by atoms with Crippen molar-refractivity contribution in [3.05, 3.63) is 69.5 Å². The maximum atomic E-state index is 13.1. The molecule has 13 heteroatoms. The molecule has 4 rings (SSSR count). The molecule has 1 aliphatic rings. The number of nitrogens with one attached hydrogen (secondary N) is 1. The Balaban J connectivity index is 1.59. The molecule has 1 amide bonds. The van der Waals surface area contributed by atoms with E-state index in [0.29, 0.717) is 30.2 Å². The van der Waals surface area contributed by atoms with E-state index in [1.54, 1.807) is 32.0 Å². The van der Waals surface area contributed by atoms with Gasteiger partial charge in [-0.25, -0.2) is 13.1 Å². The average molecular weight is 487 g/mol. The Hall–Kier alpha value is -3.68. The smallest absolute Gasteiger partial charge is 0.278 e. The lowest BCUT2D eigenvalue weighted by Gasteiger charge is -2.26. The molecule has 0 unspecified atom stereocenters. The first-order valence-corrected chi connectivity index (χ1v) is 11.8. The highest BCUT2D eigenvalue weighted by Crippen LogP contribution is 2.25. The second kappa shape index (κ2) is 9.29. The van der Waals surface area contributed by atoms with Gasteiger partial charge in [0.15, 0.2) is 5.69 Å². The summed E-state index contributed by atoms with van der Waals surface area (Å²) in [7, 11) is -3.75. The van der Waals surface area contributed by atoms with Crippen molar-refractivity contribution < 1.29 is 22.9 Å². The third-order valence-corrected chi connectivity index (χ3v) is 7.47. The largest absolute Gasteiger partial charge is 0.379 e. The van der Waals surface area contributed by atoms with Crippen molar-refractivity contribution in [3.8, 4) is 5.69 Å². The number of aromatic nitrogens is 3. The number of sulfonamides is 1. The zero-order chi connectivity index (χ0) is 24.5. The Morgan fingerprint density at radius 1 is 1.15 bits per heavy atom. The molecule has 1 fully saturated rings. The molecule has 1 aromatic heterocycles. The summed E-state index contributed by atoms with van der Waals surface area (Å²) in [6.45, 7) is 4.48. The highest BCUT2D eigenvalue weighted by molar-refractivity contribution is 7.89. The fraction of sp³-hybridized carbons (Fsp3) is 0.286. The topological polar surface area (TPSA) is 150 Å². The third kappa shape index (κ3) is 4.53. The van der Waals surface area contributed by atoms with Gasteiger partial charge in [-0.3, -0.25) is 14.9 Å². The number of carbonyl (C=O) groups is 1. The lowest BCUT2D eigenvalue weighted by molar-refractivity contribution is -0.384. The molecule has 34 heavy (non-hydrogen) atoms. The number of benzene rings is 2. The number of aryl methyl sites for hydroxylation is 1. The van der Waals surface area contributed by atoms with Crippen molar-refractivity contribution in [2.45, 2.75) is 18.7 Å². The average Bonchev–Trinajstić information content (AvgIpc) is 3.22. The molecule has 2 heterocycles. The number of ether oxygens (including phenoxy) is 1. The van der Waals surface area contributed by atoms with Gasteiger partial charge in [-0.15, -0.1) is 5.10 Å². The molecule has 0 bridgehead atoms. The van der Waals surface area contributed by atoms with E-state index in [4.69, 9.17) is 4.74 Å². The van der Waals surface area contributed by atoms with Crippen LogP contribution in [-0.2, 0) is 14.8 Å². The summed E-state index contributed by atoms with van der Waals surface area (Å²) in [6.07, 6.45) is 0. The van der Waals surface area contributed by atoms with Crippen LogP contribution in [0.3, 0.4) is 0 Å². The van der Waals surface area contributed by atoms with E-state index in [1.807, 2.05) is 0 Å². The van der Waals surface area contributed by atoms with Crippen LogP contribution in [-0.4, -0.2) is 64.9 Å². The molecule has 0 aliphatic carbocycles. The molecular weight excluding hydrogens is 464 g/mol. The predicted octanol–water partition coefficient (Wildman–Crippen LogP) is 2.07. The summed E-state index contributed by atoms with van der Waals surface area (Å²) in [5, 5.41) is 21.6. The summed E-state index contributed by atoms with van der Waals surface area (Å²) in [4.78, 5) is 23.5. The molecular formula is C21H22N6O6S. The minimum atomic E-state index is -3.75. The SMILES string of the molecule is Cc1ccc(NC(=O)c2nnn(-c3cccc([N+](=O)[O-])c3)c2C)cc1S(=O)(=O)N1CCOCC1. The van der Waals surface area contributed by atoms with E-state index in [0.717, 1.165) is 0 Å². The van der Waals surface area contributed by atoms with Crippen LogP contribution in [0, 0.1) is 24.0 Å². The maximum Gasteiger partial charge on any atom is 0.278 e. The standard InChI is InChI=1S/C21H22N6O6S/c1-14-6-7-16(12-19(14)34(31,32)25-8-10-33-11-9-25)22-21(28)20-15(2)26(24-23-20)17-4-3-5-18(13-17)27(29)30/h3-7,12-13H,8-11H2,1-2H3,(H,22,28). The predicted molar refractivity (Wildman–Crippen MR) is 121 cm³/mol. The third-order valence-electron chi connectivity index (χ3n) is 5.43. The van der Waals surface area contributed by atoms with E-state index in [1.165, 1.54) is 33.3 Å². The Kier molecular flexibility index (Phi) is 6.41. The Labute approximate surface area is 195 Å². The number of hydrogen-bond donors (Lipinski definition) is 1. The van der Waals surface area contributed by atoms with Crippen molar-refractivity contribution in [1.82, 2.24) is 19.3 Å². The Morgan fingerprint density at radius 3 is 2.59 bits per heavy atom. The number of morpholine rings is 1. The number of non-ortho nitro benzene ring substituents is 1. The van der Waals surface area contributed by atoms with Crippen molar-refractivity contribution in [2.75, 3.05) is 31.6 Å². The number of anilines is 1. The molecule has 0 radical (unpaired) electrons. The summed E-state index contributed by atoms with van der Waals surface area (Å²) < 4.78 is 34.1. The van der Waals surface area contributed by atoms with E-state index >= 15 is 0 Å². The highest BCUT2D eigenvalue weighted by Gasteiger charge is 2.28. The first-order valence-electron chi connectivity index (χ1n) is 10.4. The zero-order valence-electron chi connectivity index (χ0n) is 18.5. The van der Waals surface area contributed by atoms with Gasteiger partial charge in [-0.05, 0) is 37.6 Å². The van der Waals surface area contributed by atoms with Crippen LogP contribution < -0.4 is 5.32 Å². The molecule has 178 valence electrons. The molecule has 1 aliphatic heterocycles. The van der Waals surface area contributed by atoms with Gasteiger partial charge in [-0.2, -0.15) is 4.31 Å². The van der Waals surface area contributed by atoms with Crippen LogP contribution in [0.25, 0.3) is 5.69 Å². The fourth-order valence-electron chi connectivity index (χ4n) is 3.59. The van der Waals surface area contributed by atoms with E-state index in [9.17, 15) is 23.3 Å². The van der Waals surface area contributed by atoms with Crippen molar-refractivity contribution in [3.63, 3.8) is 0 Å². The minimum Gasteiger partial charge on any atom is -0.379 e. The quantitative estimate of drug-likeness (QED) is 0.411. The number of nitro groups is 1. The van der Waals surface area contributed by atoms with Gasteiger partial charge in [-0.1, -0.05) is 17.3 Å². The van der Waals surface area contributed by atoms with Gasteiger partial charge >= 0.3 is 0 Å². The number of amides is 1. The normalized spacial score (nSPS) is 14.6. The Bertz CT molecular complexity index is 1360. The van der Waals surface area contributed by atoms with Crippen LogP contribution in [0.2, 0.25) is 0 Å². The number of nitrogens with zero attached hydrogens (tertiary/aromatic N) is 5. The molecule has 0 spiro atoms. The summed E-state index contributed by atoms with van der Waals surface area (Å²) in [5.74, 6) is -0.590. The zero-order valence-corrected chi connectivity index (χ0v) is 19.3. The van der Waals surface area contributed by atoms with Crippen LogP contribution in [0.4, 0.5) is 11.4 Å². The van der Waals surface area contributed by atoms with Crippen LogP contribution in [0.15, 0.2) is 47.4 Å². The van der Waals surface area contributed by atoms with Gasteiger partial charge in [0.1, 0.15) is 0 Å². The van der Waals surface area contributed by atoms with Gasteiger partial charge < -0.3 is 10.1 Å². The molecule has 3 aromatic rings. The van der Waals surface area contributed by atoms with Gasteiger partial charge in [0, 0.05) is 30.9 Å². The molecule has 1 N–H and O–H groups in total. The molecule has 0 atom stereocenters. The van der Waals surface area contributed by atoms with Crippen LogP contribution >= 0.6 is 0 Å². The fourth-order valence-corrected chi connectivity index (χ4v) is 5.25. The van der Waals surface area contributed by atoms with Gasteiger partial charge in [0.25, 0.3) is 11.6 Å². The lowest BCUT2D eigenvalue weighted by atomic mass is 10.2. The van der Waals surface area contributed by atoms with Crippen molar-refractivity contribution >= 4 is 27.3 Å². The van der Waals surface area contributed by atoms with E-state index in [-0.39, 0.29) is 35.1 Å². The van der Waals surface area contributed by atoms with Crippen molar-refractivity contribution in [1.29, 1.82) is 0 Å². The number of carbonyl (C=O) groups excluding carboxylic acids is 1. The number of nitro benzene ring substituents is 1. The van der Waals surface area contributed by atoms with Gasteiger partial charge in [0.2, 0.25) is 10.0 Å². The molecule has 12 nitrogen and oxygen atoms in total. The molecule has 1 saturated heterocycles. The first kappa shape index (κ1) is 23.5. The summed E-state index contributed by atoms with van der Waals surface area (Å²) in [6, 6.07) is 10.4. The van der Waals surface area contributed by atoms with Gasteiger partial charge in [0.05, 0.1) is 34.4 Å². The lowest BCUT2D eigenvalue weighted by Crippen LogP contribution is -2.40. The van der Waals surface area contributed by atoms with E-state index in [2.05, 4.69) is 15.6 Å². The molecule has 2 aromatic carbocycles. The maximum absolute atomic E-state index is 13.1. The van der Waals surface area contributed by atoms with Crippen LogP contribution in [0.1, 0.15) is 21.7 Å². The summed E-state index contributed by atoms with van der Waals surface area (Å²) >= 11 is 0. The Morgan fingerprint density at radius 2 is 1.88 bits per heavy atom. The second-order valence-electron chi connectivity index (χ2n) is 7.66. The van der Waals surface area contributed by atoms with E-state index < -0.39 is 20.9 Å². The second-order valence-corrected chi connectivity index (χ2v) is 9.57. The number of hydrogen-bond acceptors (Lipinski definition) is 8. The van der Waals surface area contributed by atoms with Crippen LogP contribution in [0.5, 0.6) is 0 Å². The summed E-state index contributed by atoms with van der Waals surface area (Å²) in [5.41, 5.74) is 1.47. The monoisotopic (exact) mass is 486 g/mol. The van der Waals surface area contributed by atoms with Crippen molar-refractivity contribution in [2.24, 2.45) is 0 Å². The highest BCUT2D eigenvalue weighted by atomic mass is 32.2.